The molecule has 0 aromatic carbocycles. The average Bonchev–Trinajstić information content (AvgIpc) is 1.99. The van der Waals surface area contributed by atoms with Crippen LogP contribution in [-0.4, -0.2) is 9.97 Å². The number of anilines is 1. The largest absolute Gasteiger partial charge is 0.419 e. The Morgan fingerprint density at radius 2 is 1.73 bits per heavy atom. The maximum Gasteiger partial charge on any atom is 0.419 e. The van der Waals surface area contributed by atoms with Crippen molar-refractivity contribution in [3.8, 4) is 0 Å². The summed E-state index contributed by atoms with van der Waals surface area (Å²) in [6, 6.07) is 0. The highest BCUT2D eigenvalue weighted by atomic mass is 19.4. The van der Waals surface area contributed by atoms with E-state index in [4.69, 9.17) is 5.73 Å². The van der Waals surface area contributed by atoms with Crippen LogP contribution in [0.5, 0.6) is 0 Å². The summed E-state index contributed by atoms with van der Waals surface area (Å²) in [4.78, 5) is 7.18. The fourth-order valence-electron chi connectivity index (χ4n) is 1.39. The first-order valence-electron chi connectivity index (χ1n) is 4.44. The first-order valence-corrected chi connectivity index (χ1v) is 4.44. The summed E-state index contributed by atoms with van der Waals surface area (Å²) in [5, 5.41) is 0. The molecule has 0 saturated carbocycles. The Hall–Kier alpha value is -1.33. The number of halogens is 3. The van der Waals surface area contributed by atoms with Crippen LogP contribution in [-0.2, 0) is 6.18 Å². The summed E-state index contributed by atoms with van der Waals surface area (Å²) >= 11 is 0. The molecule has 0 saturated heterocycles. The van der Waals surface area contributed by atoms with Gasteiger partial charge in [-0.2, -0.15) is 13.2 Å². The zero-order valence-corrected chi connectivity index (χ0v) is 8.68. The first-order chi connectivity index (χ1) is 6.73. The number of rotatable bonds is 1. The second kappa shape index (κ2) is 3.67. The standard InChI is InChI=1S/C9H12F3N3/c1-4(2)7-6(9(10,11)12)5(3)14-8(13)15-7/h4H,1-3H3,(H2,13,14,15). The number of nitrogens with zero attached hydrogens (tertiary/aromatic N) is 2. The Morgan fingerprint density at radius 1 is 1.20 bits per heavy atom. The van der Waals surface area contributed by atoms with Gasteiger partial charge in [0.15, 0.2) is 0 Å². The van der Waals surface area contributed by atoms with Crippen LogP contribution in [0, 0.1) is 6.92 Å². The van der Waals surface area contributed by atoms with E-state index in [1.165, 1.54) is 6.92 Å². The van der Waals surface area contributed by atoms with Gasteiger partial charge >= 0.3 is 6.18 Å². The molecule has 0 aliphatic heterocycles. The Labute approximate surface area is 85.5 Å². The summed E-state index contributed by atoms with van der Waals surface area (Å²) in [5.41, 5.74) is 4.37. The lowest BCUT2D eigenvalue weighted by Crippen LogP contribution is -2.17. The number of hydrogen-bond acceptors (Lipinski definition) is 3. The fourth-order valence-corrected chi connectivity index (χ4v) is 1.39. The molecule has 1 heterocycles. The van der Waals surface area contributed by atoms with Gasteiger partial charge in [0.25, 0.3) is 0 Å². The van der Waals surface area contributed by atoms with Crippen molar-refractivity contribution in [1.29, 1.82) is 0 Å². The molecule has 0 radical (unpaired) electrons. The lowest BCUT2D eigenvalue weighted by molar-refractivity contribution is -0.139. The quantitative estimate of drug-likeness (QED) is 0.789. The van der Waals surface area contributed by atoms with Crippen molar-refractivity contribution in [2.75, 3.05) is 5.73 Å². The van der Waals surface area contributed by atoms with Gasteiger partial charge in [-0.25, -0.2) is 9.97 Å². The highest BCUT2D eigenvalue weighted by molar-refractivity contribution is 5.35. The molecule has 1 aromatic rings. The molecular weight excluding hydrogens is 207 g/mol. The van der Waals surface area contributed by atoms with Crippen LogP contribution in [0.3, 0.4) is 0 Å². The summed E-state index contributed by atoms with van der Waals surface area (Å²) in [7, 11) is 0. The maximum absolute atomic E-state index is 12.7. The average molecular weight is 219 g/mol. The smallest absolute Gasteiger partial charge is 0.368 e. The normalized spacial score (nSPS) is 12.2. The Bertz CT molecular complexity index is 372. The van der Waals surface area contributed by atoms with Crippen LogP contribution < -0.4 is 5.73 Å². The minimum atomic E-state index is -4.43. The van der Waals surface area contributed by atoms with Crippen molar-refractivity contribution in [1.82, 2.24) is 9.97 Å². The van der Waals surface area contributed by atoms with Gasteiger partial charge in [-0.1, -0.05) is 13.8 Å². The van der Waals surface area contributed by atoms with Gasteiger partial charge in [-0.05, 0) is 12.8 Å². The number of hydrogen-bond donors (Lipinski definition) is 1. The zero-order valence-electron chi connectivity index (χ0n) is 8.68. The van der Waals surface area contributed by atoms with Gasteiger partial charge in [0.1, 0.15) is 0 Å². The van der Waals surface area contributed by atoms with Crippen LogP contribution in [0.1, 0.15) is 36.7 Å². The van der Waals surface area contributed by atoms with Crippen LogP contribution in [0.4, 0.5) is 19.1 Å². The molecule has 1 rings (SSSR count). The van der Waals surface area contributed by atoms with Gasteiger partial charge in [-0.3, -0.25) is 0 Å². The number of aryl methyl sites for hydroxylation is 1. The molecule has 6 heteroatoms. The second-order valence-corrected chi connectivity index (χ2v) is 3.58. The topological polar surface area (TPSA) is 51.8 Å². The van der Waals surface area contributed by atoms with Gasteiger partial charge in [0.2, 0.25) is 5.95 Å². The maximum atomic E-state index is 12.7. The van der Waals surface area contributed by atoms with Crippen LogP contribution in [0.2, 0.25) is 0 Å². The van der Waals surface area contributed by atoms with Crippen LogP contribution in [0.25, 0.3) is 0 Å². The van der Waals surface area contributed by atoms with Gasteiger partial charge in [-0.15, -0.1) is 0 Å². The third-order valence-electron chi connectivity index (χ3n) is 1.97. The molecule has 0 amide bonds. The fraction of sp³-hybridized carbons (Fsp3) is 0.556. The van der Waals surface area contributed by atoms with Gasteiger partial charge < -0.3 is 5.73 Å². The minimum Gasteiger partial charge on any atom is -0.368 e. The van der Waals surface area contributed by atoms with Crippen molar-refractivity contribution in [2.24, 2.45) is 0 Å². The van der Waals surface area contributed by atoms with E-state index in [1.54, 1.807) is 13.8 Å². The molecule has 0 bridgehead atoms. The number of nitrogen functional groups attached to an aromatic ring is 1. The van der Waals surface area contributed by atoms with E-state index in [1.807, 2.05) is 0 Å². The molecule has 15 heavy (non-hydrogen) atoms. The van der Waals surface area contributed by atoms with Crippen LogP contribution in [0.15, 0.2) is 0 Å². The summed E-state index contributed by atoms with van der Waals surface area (Å²) in [6.45, 7) is 4.56. The minimum absolute atomic E-state index is 0.0486. The molecule has 0 fully saturated rings. The molecule has 3 nitrogen and oxygen atoms in total. The molecule has 0 atom stereocenters. The molecule has 0 aliphatic carbocycles. The van der Waals surface area contributed by atoms with Crippen molar-refractivity contribution >= 4 is 5.95 Å². The highest BCUT2D eigenvalue weighted by Gasteiger charge is 2.37. The zero-order chi connectivity index (χ0) is 11.8. The van der Waals surface area contributed by atoms with E-state index in [0.29, 0.717) is 0 Å². The second-order valence-electron chi connectivity index (χ2n) is 3.58. The van der Waals surface area contributed by atoms with Crippen LogP contribution >= 0.6 is 0 Å². The van der Waals surface area contributed by atoms with E-state index in [-0.39, 0.29) is 23.3 Å². The lowest BCUT2D eigenvalue weighted by Gasteiger charge is -2.16. The SMILES string of the molecule is Cc1nc(N)nc(C(C)C)c1C(F)(F)F. The molecule has 84 valence electrons. The summed E-state index contributed by atoms with van der Waals surface area (Å²) < 4.78 is 38.0. The third kappa shape index (κ3) is 2.37. The van der Waals surface area contributed by atoms with Crippen molar-refractivity contribution in [2.45, 2.75) is 32.9 Å². The summed E-state index contributed by atoms with van der Waals surface area (Å²) in [5.74, 6) is -0.463. The monoisotopic (exact) mass is 219 g/mol. The van der Waals surface area contributed by atoms with E-state index in [9.17, 15) is 13.2 Å². The van der Waals surface area contributed by atoms with E-state index in [2.05, 4.69) is 9.97 Å². The number of alkyl halides is 3. The first kappa shape index (κ1) is 11.7. The molecule has 0 aliphatic rings. The number of aromatic nitrogens is 2. The predicted octanol–water partition coefficient (Wildman–Crippen LogP) is 2.51. The third-order valence-corrected chi connectivity index (χ3v) is 1.97. The van der Waals surface area contributed by atoms with Crippen molar-refractivity contribution in [3.05, 3.63) is 17.0 Å². The predicted molar refractivity (Wildman–Crippen MR) is 50.3 cm³/mol. The van der Waals surface area contributed by atoms with E-state index < -0.39 is 11.7 Å². The van der Waals surface area contributed by atoms with Gasteiger partial charge in [0.05, 0.1) is 17.0 Å². The van der Waals surface area contributed by atoms with Gasteiger partial charge in [0, 0.05) is 0 Å². The Kier molecular flexibility index (Phi) is 2.88. The Morgan fingerprint density at radius 3 is 2.13 bits per heavy atom. The van der Waals surface area contributed by atoms with Crippen molar-refractivity contribution < 1.29 is 13.2 Å². The molecular formula is C9H12F3N3. The Balaban J connectivity index is 3.48. The highest BCUT2D eigenvalue weighted by Crippen LogP contribution is 2.36. The van der Waals surface area contributed by atoms with E-state index in [0.717, 1.165) is 0 Å². The molecule has 2 N–H and O–H groups in total. The molecule has 0 unspecified atom stereocenters. The molecule has 1 aromatic heterocycles. The molecule has 0 spiro atoms. The summed E-state index contributed by atoms with van der Waals surface area (Å²) in [6.07, 6.45) is -4.43. The number of nitrogens with two attached hydrogens (primary N) is 1. The van der Waals surface area contributed by atoms with E-state index >= 15 is 0 Å². The van der Waals surface area contributed by atoms with Crippen molar-refractivity contribution in [3.63, 3.8) is 0 Å². The lowest BCUT2D eigenvalue weighted by atomic mass is 10.0.